The van der Waals surface area contributed by atoms with E-state index in [-0.39, 0.29) is 17.7 Å². The largest absolute Gasteiger partial charge is 0.482 e. The fraction of sp³-hybridized carbons (Fsp3) is 0.333. The molecule has 0 fully saturated rings. The summed E-state index contributed by atoms with van der Waals surface area (Å²) in [6.07, 6.45) is 5.90. The van der Waals surface area contributed by atoms with E-state index in [1.807, 2.05) is 17.7 Å². The van der Waals surface area contributed by atoms with Gasteiger partial charge in [0.05, 0.1) is 17.4 Å². The molecule has 1 unspecified atom stereocenters. The molecule has 0 saturated heterocycles. The van der Waals surface area contributed by atoms with Crippen LogP contribution in [-0.4, -0.2) is 29.5 Å². The Morgan fingerprint density at radius 1 is 1.27 bits per heavy atom. The smallest absolute Gasteiger partial charge is 0.166 e. The minimum Gasteiger partial charge on any atom is -0.482 e. The lowest BCUT2D eigenvalue weighted by Gasteiger charge is -2.27. The number of pyridine rings is 1. The molecule has 0 amide bonds. The van der Waals surface area contributed by atoms with Crippen molar-refractivity contribution in [2.45, 2.75) is 51.8 Å². The molecule has 2 aliphatic rings. The summed E-state index contributed by atoms with van der Waals surface area (Å²) in [5, 5.41) is 13.7. The van der Waals surface area contributed by atoms with E-state index in [1.54, 1.807) is 18.6 Å². The van der Waals surface area contributed by atoms with E-state index in [4.69, 9.17) is 15.6 Å². The van der Waals surface area contributed by atoms with Crippen molar-refractivity contribution in [2.75, 3.05) is 5.73 Å². The number of halogens is 1. The quantitative estimate of drug-likeness (QED) is 0.469. The second-order valence-electron chi connectivity index (χ2n) is 8.59. The van der Waals surface area contributed by atoms with Crippen molar-refractivity contribution in [3.8, 4) is 28.4 Å². The third-order valence-electron chi connectivity index (χ3n) is 6.65. The van der Waals surface area contributed by atoms with Crippen LogP contribution in [0.2, 0.25) is 0 Å². The first-order valence-electron chi connectivity index (χ1n) is 11.3. The Balaban J connectivity index is 1.70. The first-order chi connectivity index (χ1) is 16.0. The van der Waals surface area contributed by atoms with Gasteiger partial charge in [-0.2, -0.15) is 5.10 Å². The minimum atomic E-state index is -0.489. The lowest BCUT2D eigenvalue weighted by atomic mass is 9.88. The molecule has 4 heterocycles. The highest BCUT2D eigenvalue weighted by Crippen LogP contribution is 2.43. The maximum absolute atomic E-state index is 14.3. The number of nitrogens with two attached hydrogens (primary N) is 1. The van der Waals surface area contributed by atoms with Crippen LogP contribution in [0.4, 0.5) is 10.2 Å². The number of rotatable bonds is 1. The number of hydrogen-bond acceptors (Lipinski definition) is 6. The molecule has 4 aromatic rings. The Morgan fingerprint density at radius 2 is 2.15 bits per heavy atom. The van der Waals surface area contributed by atoms with Gasteiger partial charge >= 0.3 is 0 Å². The molecule has 0 spiro atoms. The summed E-state index contributed by atoms with van der Waals surface area (Å²) in [4.78, 5) is 4.43. The van der Waals surface area contributed by atoms with Crippen LogP contribution in [-0.2, 0) is 13.0 Å². The Labute approximate surface area is 190 Å². The Bertz CT molecular complexity index is 1380. The van der Waals surface area contributed by atoms with E-state index < -0.39 is 6.10 Å². The van der Waals surface area contributed by atoms with Gasteiger partial charge in [0, 0.05) is 35.0 Å². The van der Waals surface area contributed by atoms with Crippen molar-refractivity contribution < 1.29 is 9.13 Å². The third kappa shape index (κ3) is 3.02. The molecule has 0 saturated carbocycles. The number of ether oxygens (including phenoxy) is 1. The highest BCUT2D eigenvalue weighted by molar-refractivity contribution is 5.70. The topological polar surface area (TPSA) is 96.7 Å². The van der Waals surface area contributed by atoms with Crippen molar-refractivity contribution in [1.82, 2.24) is 29.5 Å². The molecule has 1 aromatic carbocycles. The van der Waals surface area contributed by atoms with Crippen LogP contribution in [0.15, 0.2) is 36.8 Å². The molecule has 3 aromatic heterocycles. The lowest BCUT2D eigenvalue weighted by molar-refractivity contribution is 0.227. The van der Waals surface area contributed by atoms with Crippen molar-refractivity contribution in [3.63, 3.8) is 0 Å². The zero-order chi connectivity index (χ0) is 22.7. The SMILES string of the molecule is CCn1nc2c3c1-c1cnc(N)c(c1)O[C@H](C)c1cc(F)ccc1-c1nncn1C3CCC2. The van der Waals surface area contributed by atoms with Crippen LogP contribution in [0.1, 0.15) is 55.7 Å². The van der Waals surface area contributed by atoms with Gasteiger partial charge < -0.3 is 15.0 Å². The molecule has 8 nitrogen and oxygen atoms in total. The summed E-state index contributed by atoms with van der Waals surface area (Å²) >= 11 is 0. The molecule has 1 aliphatic carbocycles. The molecule has 168 valence electrons. The molecule has 1 aliphatic heterocycles. The van der Waals surface area contributed by atoms with Crippen molar-refractivity contribution >= 4 is 5.82 Å². The number of aryl methyl sites for hydroxylation is 2. The van der Waals surface area contributed by atoms with Crippen molar-refractivity contribution in [1.29, 1.82) is 0 Å². The number of nitrogens with zero attached hydrogens (tertiary/aromatic N) is 6. The number of hydrogen-bond donors (Lipinski definition) is 1. The van der Waals surface area contributed by atoms with Gasteiger partial charge in [0.15, 0.2) is 17.4 Å². The lowest BCUT2D eigenvalue weighted by Crippen LogP contribution is -2.19. The number of aromatic nitrogens is 6. The van der Waals surface area contributed by atoms with Crippen molar-refractivity contribution in [3.05, 3.63) is 59.4 Å². The molecule has 2 atom stereocenters. The molecular formula is C24H24FN7O. The van der Waals surface area contributed by atoms with Crippen LogP contribution >= 0.6 is 0 Å². The maximum Gasteiger partial charge on any atom is 0.166 e. The van der Waals surface area contributed by atoms with Crippen LogP contribution in [0.3, 0.4) is 0 Å². The summed E-state index contributed by atoms with van der Waals surface area (Å²) in [5.74, 6) is 1.09. The minimum absolute atomic E-state index is 0.00334. The van der Waals surface area contributed by atoms with Gasteiger partial charge in [-0.15, -0.1) is 10.2 Å². The highest BCUT2D eigenvalue weighted by atomic mass is 19.1. The first kappa shape index (κ1) is 19.9. The highest BCUT2D eigenvalue weighted by Gasteiger charge is 2.33. The molecule has 2 N–H and O–H groups in total. The maximum atomic E-state index is 14.3. The monoisotopic (exact) mass is 445 g/mol. The first-order valence-corrected chi connectivity index (χ1v) is 11.3. The van der Waals surface area contributed by atoms with Gasteiger partial charge in [-0.1, -0.05) is 0 Å². The van der Waals surface area contributed by atoms with Gasteiger partial charge in [-0.25, -0.2) is 9.37 Å². The summed E-state index contributed by atoms with van der Waals surface area (Å²) in [6, 6.07) is 6.60. The average molecular weight is 446 g/mol. The number of anilines is 1. The second kappa shape index (κ2) is 7.40. The zero-order valence-electron chi connectivity index (χ0n) is 18.5. The molecule has 2 bridgehead atoms. The third-order valence-corrected chi connectivity index (χ3v) is 6.65. The number of benzene rings is 1. The summed E-state index contributed by atoms with van der Waals surface area (Å²) < 4.78 is 24.7. The van der Waals surface area contributed by atoms with Crippen LogP contribution in [0, 0.1) is 5.82 Å². The Hall–Kier alpha value is -3.75. The Kier molecular flexibility index (Phi) is 4.46. The van der Waals surface area contributed by atoms with Gasteiger partial charge in [0.2, 0.25) is 0 Å². The van der Waals surface area contributed by atoms with Crippen LogP contribution < -0.4 is 10.5 Å². The van der Waals surface area contributed by atoms with E-state index in [9.17, 15) is 4.39 Å². The van der Waals surface area contributed by atoms with Crippen LogP contribution in [0.25, 0.3) is 22.6 Å². The predicted molar refractivity (Wildman–Crippen MR) is 121 cm³/mol. The van der Waals surface area contributed by atoms with E-state index >= 15 is 0 Å². The number of nitrogen functional groups attached to an aromatic ring is 1. The predicted octanol–water partition coefficient (Wildman–Crippen LogP) is 4.32. The second-order valence-corrected chi connectivity index (χ2v) is 8.59. The van der Waals surface area contributed by atoms with E-state index in [2.05, 4.69) is 26.7 Å². The van der Waals surface area contributed by atoms with Gasteiger partial charge in [0.1, 0.15) is 18.2 Å². The van der Waals surface area contributed by atoms with Gasteiger partial charge in [0.25, 0.3) is 0 Å². The average Bonchev–Trinajstić information content (AvgIpc) is 3.44. The van der Waals surface area contributed by atoms with Gasteiger partial charge in [-0.3, -0.25) is 4.68 Å². The fourth-order valence-corrected chi connectivity index (χ4v) is 5.15. The molecular weight excluding hydrogens is 421 g/mol. The van der Waals surface area contributed by atoms with Crippen molar-refractivity contribution in [2.24, 2.45) is 0 Å². The standard InChI is InChI=1S/C24H24FN7O/c1-3-32-22-14-9-20(23(26)27-11-14)33-13(2)17-10-15(25)7-8-16(17)24-29-28-12-31(24)19-6-4-5-18(30-32)21(19)22/h7-13,19H,3-6H2,1-2H3,(H2,26,27)/t13-,19?/m1/s1. The molecule has 6 rings (SSSR count). The van der Waals surface area contributed by atoms with Gasteiger partial charge in [-0.05, 0) is 57.4 Å². The van der Waals surface area contributed by atoms with E-state index in [0.29, 0.717) is 17.1 Å². The molecule has 0 radical (unpaired) electrons. The van der Waals surface area contributed by atoms with E-state index in [1.165, 1.54) is 12.1 Å². The molecule has 33 heavy (non-hydrogen) atoms. The normalized spacial score (nSPS) is 18.9. The summed E-state index contributed by atoms with van der Waals surface area (Å²) in [7, 11) is 0. The zero-order valence-corrected chi connectivity index (χ0v) is 18.5. The Morgan fingerprint density at radius 3 is 3.00 bits per heavy atom. The van der Waals surface area contributed by atoms with E-state index in [0.717, 1.165) is 53.9 Å². The van der Waals surface area contributed by atoms with Crippen LogP contribution in [0.5, 0.6) is 5.75 Å². The fourth-order valence-electron chi connectivity index (χ4n) is 5.15. The molecule has 9 heteroatoms. The summed E-state index contributed by atoms with van der Waals surface area (Å²) in [6.45, 7) is 4.68. The summed E-state index contributed by atoms with van der Waals surface area (Å²) in [5.41, 5.74) is 11.8. The number of fused-ring (bicyclic) bond motifs is 7.